The highest BCUT2D eigenvalue weighted by Crippen LogP contribution is 2.34. The van der Waals surface area contributed by atoms with Gasteiger partial charge in [0.1, 0.15) is 0 Å². The first-order valence-corrected chi connectivity index (χ1v) is 5.78. The molecule has 0 aromatic heterocycles. The van der Waals surface area contributed by atoms with Crippen LogP contribution in [0.4, 0.5) is 0 Å². The molecule has 82 valence electrons. The first-order valence-electron chi connectivity index (χ1n) is 5.78. The third-order valence-corrected chi connectivity index (χ3v) is 3.10. The molecule has 3 nitrogen and oxygen atoms in total. The van der Waals surface area contributed by atoms with E-state index in [-0.39, 0.29) is 6.04 Å². The smallest absolute Gasteiger partial charge is 0.0626 e. The maximum absolute atomic E-state index is 5.98. The summed E-state index contributed by atoms with van der Waals surface area (Å²) in [6, 6.07) is 1.04. The molecule has 2 N–H and O–H groups in total. The van der Waals surface area contributed by atoms with Crippen molar-refractivity contribution in [3.63, 3.8) is 0 Å². The van der Waals surface area contributed by atoms with Crippen molar-refractivity contribution in [2.45, 2.75) is 37.8 Å². The van der Waals surface area contributed by atoms with E-state index in [2.05, 4.69) is 4.90 Å². The van der Waals surface area contributed by atoms with E-state index in [0.717, 1.165) is 18.5 Å². The lowest BCUT2D eigenvalue weighted by molar-refractivity contribution is 0.148. The molecule has 0 bridgehead atoms. The van der Waals surface area contributed by atoms with E-state index in [1.807, 2.05) is 0 Å². The van der Waals surface area contributed by atoms with Gasteiger partial charge in [0.2, 0.25) is 0 Å². The highest BCUT2D eigenvalue weighted by Gasteiger charge is 2.34. The minimum atomic E-state index is 0.194. The zero-order valence-electron chi connectivity index (χ0n) is 9.11. The molecule has 1 atom stereocenters. The maximum atomic E-state index is 5.98. The molecule has 0 aromatic carbocycles. The molecule has 0 aromatic rings. The molecule has 0 aliphatic heterocycles. The summed E-state index contributed by atoms with van der Waals surface area (Å²) in [6.45, 7) is 2.99. The Labute approximate surface area is 86.6 Å². The molecule has 2 aliphatic carbocycles. The fourth-order valence-electron chi connectivity index (χ4n) is 2.01. The van der Waals surface area contributed by atoms with Crippen molar-refractivity contribution in [3.05, 3.63) is 0 Å². The quantitative estimate of drug-likeness (QED) is 0.658. The van der Waals surface area contributed by atoms with Gasteiger partial charge in [-0.25, -0.2) is 0 Å². The second kappa shape index (κ2) is 4.60. The Morgan fingerprint density at radius 3 is 2.57 bits per heavy atom. The molecule has 0 radical (unpaired) electrons. The van der Waals surface area contributed by atoms with Gasteiger partial charge < -0.3 is 10.5 Å². The molecular weight excluding hydrogens is 176 g/mol. The Kier molecular flexibility index (Phi) is 3.42. The predicted molar refractivity (Wildman–Crippen MR) is 57.2 cm³/mol. The SMILES string of the molecule is COCC(N)CN(CC1CC1)C1CC1. The molecule has 0 amide bonds. The molecule has 2 rings (SSSR count). The van der Waals surface area contributed by atoms with Crippen LogP contribution in [0.15, 0.2) is 0 Å². The Morgan fingerprint density at radius 2 is 2.07 bits per heavy atom. The van der Waals surface area contributed by atoms with Gasteiger partial charge in [0.05, 0.1) is 6.61 Å². The van der Waals surface area contributed by atoms with Gasteiger partial charge in [-0.2, -0.15) is 0 Å². The Balaban J connectivity index is 1.71. The van der Waals surface area contributed by atoms with Gasteiger partial charge in [-0.05, 0) is 31.6 Å². The average molecular weight is 198 g/mol. The lowest BCUT2D eigenvalue weighted by Crippen LogP contribution is -2.42. The summed E-state index contributed by atoms with van der Waals surface area (Å²) >= 11 is 0. The Morgan fingerprint density at radius 1 is 1.36 bits per heavy atom. The second-order valence-electron chi connectivity index (χ2n) is 4.84. The van der Waals surface area contributed by atoms with Crippen LogP contribution in [0.3, 0.4) is 0 Å². The van der Waals surface area contributed by atoms with E-state index in [9.17, 15) is 0 Å². The number of rotatable bonds is 7. The zero-order chi connectivity index (χ0) is 9.97. The van der Waals surface area contributed by atoms with Gasteiger partial charge in [-0.15, -0.1) is 0 Å². The molecule has 2 fully saturated rings. The van der Waals surface area contributed by atoms with E-state index in [1.54, 1.807) is 7.11 Å². The minimum Gasteiger partial charge on any atom is -0.383 e. The van der Waals surface area contributed by atoms with Crippen LogP contribution < -0.4 is 5.73 Å². The normalized spacial score (nSPS) is 24.2. The molecule has 14 heavy (non-hydrogen) atoms. The van der Waals surface area contributed by atoms with E-state index in [0.29, 0.717) is 6.61 Å². The van der Waals surface area contributed by atoms with Crippen LogP contribution in [0.2, 0.25) is 0 Å². The second-order valence-corrected chi connectivity index (χ2v) is 4.84. The molecule has 1 unspecified atom stereocenters. The van der Waals surface area contributed by atoms with Gasteiger partial charge >= 0.3 is 0 Å². The lowest BCUT2D eigenvalue weighted by Gasteiger charge is -2.25. The van der Waals surface area contributed by atoms with Crippen molar-refractivity contribution in [2.24, 2.45) is 11.7 Å². The fourth-order valence-corrected chi connectivity index (χ4v) is 2.01. The van der Waals surface area contributed by atoms with Crippen molar-refractivity contribution in [1.29, 1.82) is 0 Å². The zero-order valence-corrected chi connectivity index (χ0v) is 9.11. The number of hydrogen-bond donors (Lipinski definition) is 1. The Bertz CT molecular complexity index is 178. The highest BCUT2D eigenvalue weighted by molar-refractivity contribution is 4.89. The summed E-state index contributed by atoms with van der Waals surface area (Å²) in [6.07, 6.45) is 5.63. The number of methoxy groups -OCH3 is 1. The van der Waals surface area contributed by atoms with Gasteiger partial charge in [0.15, 0.2) is 0 Å². The minimum absolute atomic E-state index is 0.194. The van der Waals surface area contributed by atoms with Crippen LogP contribution in [0.1, 0.15) is 25.7 Å². The monoisotopic (exact) mass is 198 g/mol. The first kappa shape index (κ1) is 10.4. The standard InChI is InChI=1S/C11H22N2O/c1-14-8-10(12)7-13(11-4-5-11)6-9-2-3-9/h9-11H,2-8,12H2,1H3. The van der Waals surface area contributed by atoms with Crippen LogP contribution in [-0.2, 0) is 4.74 Å². The van der Waals surface area contributed by atoms with Crippen LogP contribution in [0.5, 0.6) is 0 Å². The molecule has 0 heterocycles. The van der Waals surface area contributed by atoms with Crippen molar-refractivity contribution >= 4 is 0 Å². The third kappa shape index (κ3) is 3.23. The average Bonchev–Trinajstić information content (AvgIpc) is 3.00. The van der Waals surface area contributed by atoms with Crippen LogP contribution in [-0.4, -0.2) is 43.8 Å². The third-order valence-electron chi connectivity index (χ3n) is 3.10. The number of nitrogens with two attached hydrogens (primary N) is 1. The topological polar surface area (TPSA) is 38.5 Å². The van der Waals surface area contributed by atoms with Gasteiger partial charge in [-0.3, -0.25) is 4.90 Å². The Hall–Kier alpha value is -0.120. The van der Waals surface area contributed by atoms with Crippen LogP contribution in [0, 0.1) is 5.92 Å². The first-order chi connectivity index (χ1) is 6.79. The van der Waals surface area contributed by atoms with Crippen molar-refractivity contribution in [1.82, 2.24) is 4.90 Å². The van der Waals surface area contributed by atoms with E-state index < -0.39 is 0 Å². The molecule has 0 spiro atoms. The molecular formula is C11H22N2O. The maximum Gasteiger partial charge on any atom is 0.0626 e. The lowest BCUT2D eigenvalue weighted by atomic mass is 10.2. The van der Waals surface area contributed by atoms with Gasteiger partial charge in [-0.1, -0.05) is 0 Å². The number of ether oxygens (including phenoxy) is 1. The van der Waals surface area contributed by atoms with Crippen molar-refractivity contribution in [3.8, 4) is 0 Å². The number of hydrogen-bond acceptors (Lipinski definition) is 3. The highest BCUT2D eigenvalue weighted by atomic mass is 16.5. The van der Waals surface area contributed by atoms with E-state index in [1.165, 1.54) is 32.2 Å². The number of nitrogens with zero attached hydrogens (tertiary/aromatic N) is 1. The summed E-state index contributed by atoms with van der Waals surface area (Å²) in [5, 5.41) is 0. The molecule has 2 saturated carbocycles. The van der Waals surface area contributed by atoms with Crippen molar-refractivity contribution in [2.75, 3.05) is 26.8 Å². The molecule has 2 aliphatic rings. The van der Waals surface area contributed by atoms with Crippen molar-refractivity contribution < 1.29 is 4.74 Å². The fraction of sp³-hybridized carbons (Fsp3) is 1.00. The van der Waals surface area contributed by atoms with Crippen LogP contribution in [0.25, 0.3) is 0 Å². The molecule has 0 saturated heterocycles. The largest absolute Gasteiger partial charge is 0.383 e. The summed E-state index contributed by atoms with van der Waals surface area (Å²) in [4.78, 5) is 2.58. The summed E-state index contributed by atoms with van der Waals surface area (Å²) in [7, 11) is 1.72. The van der Waals surface area contributed by atoms with E-state index >= 15 is 0 Å². The van der Waals surface area contributed by atoms with Gasteiger partial charge in [0.25, 0.3) is 0 Å². The molecule has 3 heteroatoms. The van der Waals surface area contributed by atoms with E-state index in [4.69, 9.17) is 10.5 Å². The summed E-state index contributed by atoms with van der Waals surface area (Å²) in [5.41, 5.74) is 5.98. The predicted octanol–water partition coefficient (Wildman–Crippen LogP) is 0.834. The van der Waals surface area contributed by atoms with Gasteiger partial charge in [0, 0.05) is 32.3 Å². The summed E-state index contributed by atoms with van der Waals surface area (Å²) in [5.74, 6) is 0.977. The van der Waals surface area contributed by atoms with Crippen LogP contribution >= 0.6 is 0 Å². The summed E-state index contributed by atoms with van der Waals surface area (Å²) < 4.78 is 5.07.